The van der Waals surface area contributed by atoms with Gasteiger partial charge in [0, 0.05) is 48.2 Å². The Labute approximate surface area is 178 Å². The average Bonchev–Trinajstić information content (AvgIpc) is 3.27. The van der Waals surface area contributed by atoms with E-state index in [0.29, 0.717) is 17.7 Å². The van der Waals surface area contributed by atoms with Crippen LogP contribution in [0.2, 0.25) is 0 Å². The highest BCUT2D eigenvalue weighted by Gasteiger charge is 2.19. The minimum Gasteiger partial charge on any atom is -0.352 e. The molecule has 2 aromatic rings. The van der Waals surface area contributed by atoms with Crippen molar-refractivity contribution >= 4 is 33.7 Å². The lowest BCUT2D eigenvalue weighted by Crippen LogP contribution is -2.30. The first-order valence-electron chi connectivity index (χ1n) is 9.71. The minimum atomic E-state index is -0.210. The summed E-state index contributed by atoms with van der Waals surface area (Å²) in [6.07, 6.45) is 2.30. The lowest BCUT2D eigenvalue weighted by Gasteiger charge is -2.15. The topological polar surface area (TPSA) is 78.5 Å². The fourth-order valence-corrected chi connectivity index (χ4v) is 3.46. The van der Waals surface area contributed by atoms with Crippen molar-refractivity contribution in [1.29, 1.82) is 0 Å². The molecule has 0 aliphatic carbocycles. The summed E-state index contributed by atoms with van der Waals surface area (Å²) in [5, 5.41) is 5.57. The number of amides is 3. The van der Waals surface area contributed by atoms with E-state index in [2.05, 4.69) is 26.6 Å². The largest absolute Gasteiger partial charge is 0.352 e. The van der Waals surface area contributed by atoms with E-state index in [0.717, 1.165) is 36.0 Å². The molecular formula is C22H24BrN3O3. The van der Waals surface area contributed by atoms with Crippen molar-refractivity contribution in [1.82, 2.24) is 15.5 Å². The molecule has 0 bridgehead atoms. The Morgan fingerprint density at radius 1 is 0.931 bits per heavy atom. The highest BCUT2D eigenvalue weighted by Crippen LogP contribution is 2.14. The number of nitrogens with one attached hydrogen (secondary N) is 2. The van der Waals surface area contributed by atoms with Gasteiger partial charge in [0.1, 0.15) is 0 Å². The molecule has 1 heterocycles. The molecule has 6 nitrogen and oxygen atoms in total. The average molecular weight is 458 g/mol. The molecule has 0 radical (unpaired) electrons. The molecule has 0 spiro atoms. The summed E-state index contributed by atoms with van der Waals surface area (Å²) in [5.74, 6) is -0.317. The van der Waals surface area contributed by atoms with E-state index in [1.807, 2.05) is 29.2 Å². The van der Waals surface area contributed by atoms with Crippen LogP contribution in [0.5, 0.6) is 0 Å². The van der Waals surface area contributed by atoms with E-state index in [9.17, 15) is 14.4 Å². The number of halogens is 1. The molecule has 1 aliphatic rings. The van der Waals surface area contributed by atoms with Gasteiger partial charge in [-0.2, -0.15) is 0 Å². The Hall–Kier alpha value is -2.67. The van der Waals surface area contributed by atoms with Crippen molar-refractivity contribution in [2.75, 3.05) is 19.6 Å². The maximum atomic E-state index is 12.5. The Bertz CT molecular complexity index is 877. The van der Waals surface area contributed by atoms with Crippen molar-refractivity contribution in [3.05, 3.63) is 69.7 Å². The second-order valence-corrected chi connectivity index (χ2v) is 7.90. The van der Waals surface area contributed by atoms with E-state index in [1.165, 1.54) is 0 Å². The van der Waals surface area contributed by atoms with E-state index in [-0.39, 0.29) is 30.7 Å². The standard InChI is InChI=1S/C22H24BrN3O3/c23-19-8-6-17(7-9-19)21(28)24-11-10-20(27)25-15-16-4-3-5-18(14-16)22(29)26-12-1-2-13-26/h3-9,14H,1-2,10-13,15H2,(H,24,28)(H,25,27). The molecule has 2 N–H and O–H groups in total. The minimum absolute atomic E-state index is 0.0475. The molecule has 2 aromatic carbocycles. The summed E-state index contributed by atoms with van der Waals surface area (Å²) < 4.78 is 0.902. The van der Waals surface area contributed by atoms with Crippen LogP contribution in [-0.4, -0.2) is 42.3 Å². The monoisotopic (exact) mass is 457 g/mol. The van der Waals surface area contributed by atoms with Gasteiger partial charge in [0.25, 0.3) is 11.8 Å². The Morgan fingerprint density at radius 3 is 2.38 bits per heavy atom. The Morgan fingerprint density at radius 2 is 1.66 bits per heavy atom. The van der Waals surface area contributed by atoms with Crippen LogP contribution in [-0.2, 0) is 11.3 Å². The van der Waals surface area contributed by atoms with Gasteiger partial charge >= 0.3 is 0 Å². The first-order chi connectivity index (χ1) is 14.0. The van der Waals surface area contributed by atoms with Gasteiger partial charge in [0.2, 0.25) is 5.91 Å². The normalized spacial score (nSPS) is 13.2. The predicted octanol–water partition coefficient (Wildman–Crippen LogP) is 3.12. The smallest absolute Gasteiger partial charge is 0.253 e. The fourth-order valence-electron chi connectivity index (χ4n) is 3.20. The Balaban J connectivity index is 1.42. The maximum absolute atomic E-state index is 12.5. The second kappa shape index (κ2) is 10.2. The summed E-state index contributed by atoms with van der Waals surface area (Å²) >= 11 is 3.33. The highest BCUT2D eigenvalue weighted by molar-refractivity contribution is 9.10. The van der Waals surface area contributed by atoms with Gasteiger partial charge < -0.3 is 15.5 Å². The van der Waals surface area contributed by atoms with Crippen LogP contribution in [0.3, 0.4) is 0 Å². The third-order valence-corrected chi connectivity index (χ3v) is 5.33. The van der Waals surface area contributed by atoms with Crippen molar-refractivity contribution in [2.24, 2.45) is 0 Å². The molecule has 0 atom stereocenters. The van der Waals surface area contributed by atoms with E-state index >= 15 is 0 Å². The van der Waals surface area contributed by atoms with Gasteiger partial charge in [-0.1, -0.05) is 28.1 Å². The molecule has 1 saturated heterocycles. The van der Waals surface area contributed by atoms with Crippen molar-refractivity contribution in [2.45, 2.75) is 25.8 Å². The molecule has 7 heteroatoms. The number of rotatable bonds is 7. The molecule has 1 fully saturated rings. The first kappa shape index (κ1) is 21.0. The van der Waals surface area contributed by atoms with Crippen molar-refractivity contribution in [3.63, 3.8) is 0 Å². The molecule has 3 rings (SSSR count). The third kappa shape index (κ3) is 6.15. The molecule has 0 unspecified atom stereocenters. The SMILES string of the molecule is O=C(CCNC(=O)c1ccc(Br)cc1)NCc1cccc(C(=O)N2CCCC2)c1. The van der Waals surface area contributed by atoms with Gasteiger partial charge in [0.05, 0.1) is 0 Å². The Kier molecular flexibility index (Phi) is 7.41. The van der Waals surface area contributed by atoms with Gasteiger partial charge in [-0.25, -0.2) is 0 Å². The summed E-state index contributed by atoms with van der Waals surface area (Å²) in [5.41, 5.74) is 2.08. The summed E-state index contributed by atoms with van der Waals surface area (Å²) in [7, 11) is 0. The predicted molar refractivity (Wildman–Crippen MR) is 115 cm³/mol. The van der Waals surface area contributed by atoms with E-state index in [1.54, 1.807) is 24.3 Å². The second-order valence-electron chi connectivity index (χ2n) is 6.99. The van der Waals surface area contributed by atoms with Crippen LogP contribution in [0.25, 0.3) is 0 Å². The number of benzene rings is 2. The van der Waals surface area contributed by atoms with E-state index in [4.69, 9.17) is 0 Å². The van der Waals surface area contributed by atoms with Crippen molar-refractivity contribution in [3.8, 4) is 0 Å². The summed E-state index contributed by atoms with van der Waals surface area (Å²) in [6, 6.07) is 14.4. The van der Waals surface area contributed by atoms with Gasteiger partial charge in [-0.05, 0) is 54.8 Å². The number of likely N-dealkylation sites (tertiary alicyclic amines) is 1. The summed E-state index contributed by atoms with van der Waals surface area (Å²) in [4.78, 5) is 38.4. The van der Waals surface area contributed by atoms with Crippen LogP contribution < -0.4 is 10.6 Å². The molecular weight excluding hydrogens is 434 g/mol. The van der Waals surface area contributed by atoms with Crippen LogP contribution in [0.4, 0.5) is 0 Å². The highest BCUT2D eigenvalue weighted by atomic mass is 79.9. The third-order valence-electron chi connectivity index (χ3n) is 4.80. The zero-order valence-electron chi connectivity index (χ0n) is 16.1. The molecule has 0 aromatic heterocycles. The molecule has 0 saturated carbocycles. The molecule has 152 valence electrons. The molecule has 29 heavy (non-hydrogen) atoms. The lowest BCUT2D eigenvalue weighted by molar-refractivity contribution is -0.121. The zero-order chi connectivity index (χ0) is 20.6. The number of hydrogen-bond donors (Lipinski definition) is 2. The van der Waals surface area contributed by atoms with Crippen LogP contribution in [0.15, 0.2) is 53.0 Å². The summed E-state index contributed by atoms with van der Waals surface area (Å²) in [6.45, 7) is 2.23. The van der Waals surface area contributed by atoms with Gasteiger partial charge in [-0.3, -0.25) is 14.4 Å². The maximum Gasteiger partial charge on any atom is 0.253 e. The van der Waals surface area contributed by atoms with Crippen LogP contribution in [0, 0.1) is 0 Å². The molecule has 1 aliphatic heterocycles. The number of carbonyl (C=O) groups excluding carboxylic acids is 3. The fraction of sp³-hybridized carbons (Fsp3) is 0.318. The van der Waals surface area contributed by atoms with Crippen molar-refractivity contribution < 1.29 is 14.4 Å². The number of hydrogen-bond acceptors (Lipinski definition) is 3. The zero-order valence-corrected chi connectivity index (χ0v) is 17.7. The first-order valence-corrected chi connectivity index (χ1v) is 10.5. The van der Waals surface area contributed by atoms with Gasteiger partial charge in [-0.15, -0.1) is 0 Å². The van der Waals surface area contributed by atoms with Crippen LogP contribution >= 0.6 is 15.9 Å². The quantitative estimate of drug-likeness (QED) is 0.670. The van der Waals surface area contributed by atoms with Gasteiger partial charge in [0.15, 0.2) is 0 Å². The van der Waals surface area contributed by atoms with E-state index < -0.39 is 0 Å². The number of nitrogens with zero attached hydrogens (tertiary/aromatic N) is 1. The molecule has 3 amide bonds. The lowest BCUT2D eigenvalue weighted by atomic mass is 10.1. The number of carbonyl (C=O) groups is 3. The van der Waals surface area contributed by atoms with Crippen LogP contribution in [0.1, 0.15) is 45.5 Å².